The van der Waals surface area contributed by atoms with Crippen LogP contribution in [0.25, 0.3) is 0 Å². The second-order valence-corrected chi connectivity index (χ2v) is 6.77. The molecule has 1 aromatic heterocycles. The molecule has 0 aliphatic carbocycles. The van der Waals surface area contributed by atoms with E-state index in [1.165, 1.54) is 25.3 Å². The van der Waals surface area contributed by atoms with E-state index >= 15 is 0 Å². The third kappa shape index (κ3) is 3.09. The van der Waals surface area contributed by atoms with Crippen LogP contribution in [0, 0.1) is 6.92 Å². The molecule has 3 N–H and O–H groups in total. The van der Waals surface area contributed by atoms with E-state index in [1.807, 2.05) is 0 Å². The first kappa shape index (κ1) is 19.2. The number of aliphatic hydroxyl groups excluding tert-OH is 2. The minimum Gasteiger partial charge on any atom is -0.387 e. The second-order valence-electron chi connectivity index (χ2n) is 6.77. The van der Waals surface area contributed by atoms with Crippen molar-refractivity contribution >= 4 is 11.8 Å². The lowest BCUT2D eigenvalue weighted by Gasteiger charge is -2.19. The number of nitrogens with one attached hydrogen (secondary N) is 1. The highest BCUT2D eigenvalue weighted by molar-refractivity contribution is 6.20. The molecule has 1 fully saturated rings. The van der Waals surface area contributed by atoms with Crippen molar-refractivity contribution < 1.29 is 29.4 Å². The molecule has 0 spiro atoms. The number of nitrogens with zero attached hydrogens (tertiary/aromatic N) is 2. The molecule has 2 aromatic rings. The minimum atomic E-state index is -1.51. The third-order valence-electron chi connectivity index (χ3n) is 4.88. The summed E-state index contributed by atoms with van der Waals surface area (Å²) in [6.07, 6.45) is -4.19. The summed E-state index contributed by atoms with van der Waals surface area (Å²) < 4.78 is 6.47. The Balaban J connectivity index is 1.49. The van der Waals surface area contributed by atoms with Crippen molar-refractivity contribution in [2.24, 2.45) is 0 Å². The van der Waals surface area contributed by atoms with E-state index in [-0.39, 0.29) is 16.7 Å². The molecule has 2 amide bonds. The molecule has 0 saturated carbocycles. The van der Waals surface area contributed by atoms with E-state index in [2.05, 4.69) is 4.98 Å². The van der Waals surface area contributed by atoms with Crippen LogP contribution in [-0.4, -0.2) is 61.6 Å². The molecule has 0 radical (unpaired) electrons. The van der Waals surface area contributed by atoms with Gasteiger partial charge < -0.3 is 14.9 Å². The van der Waals surface area contributed by atoms with Crippen molar-refractivity contribution in [1.29, 1.82) is 0 Å². The molecular weight excluding hydrogens is 386 g/mol. The fourth-order valence-corrected chi connectivity index (χ4v) is 3.30. The summed E-state index contributed by atoms with van der Waals surface area (Å²) in [7, 11) is 0. The van der Waals surface area contributed by atoms with Gasteiger partial charge in [0.25, 0.3) is 17.4 Å². The molecule has 11 nitrogen and oxygen atoms in total. The Morgan fingerprint density at radius 2 is 1.69 bits per heavy atom. The van der Waals surface area contributed by atoms with Crippen LogP contribution in [0.1, 0.15) is 32.5 Å². The van der Waals surface area contributed by atoms with E-state index in [0.29, 0.717) is 5.06 Å². The molecule has 11 heteroatoms. The number of aromatic amines is 1. The van der Waals surface area contributed by atoms with Crippen LogP contribution in [0.2, 0.25) is 0 Å². The van der Waals surface area contributed by atoms with Gasteiger partial charge in [0.2, 0.25) is 0 Å². The van der Waals surface area contributed by atoms with Crippen molar-refractivity contribution in [3.8, 4) is 0 Å². The molecule has 4 rings (SSSR count). The number of imide groups is 1. The summed E-state index contributed by atoms with van der Waals surface area (Å²) in [6, 6.07) is 6.21. The monoisotopic (exact) mass is 403 g/mol. The van der Waals surface area contributed by atoms with E-state index in [0.717, 1.165) is 4.57 Å². The summed E-state index contributed by atoms with van der Waals surface area (Å²) >= 11 is 0. The average molecular weight is 403 g/mol. The number of H-pyrrole nitrogens is 1. The van der Waals surface area contributed by atoms with Gasteiger partial charge in [-0.2, -0.15) is 0 Å². The predicted octanol–water partition coefficient (Wildman–Crippen LogP) is -1.31. The average Bonchev–Trinajstić information content (AvgIpc) is 3.11. The van der Waals surface area contributed by atoms with Crippen molar-refractivity contribution in [3.05, 3.63) is 68.0 Å². The zero-order valence-corrected chi connectivity index (χ0v) is 15.1. The third-order valence-corrected chi connectivity index (χ3v) is 4.88. The number of hydroxylamine groups is 2. The number of amides is 2. The van der Waals surface area contributed by atoms with Gasteiger partial charge >= 0.3 is 5.69 Å². The number of aliphatic hydroxyl groups is 2. The van der Waals surface area contributed by atoms with E-state index < -0.39 is 54.2 Å². The number of hydrogen-bond donors (Lipinski definition) is 3. The molecule has 2 aliphatic rings. The molecule has 1 saturated heterocycles. The first-order valence-electron chi connectivity index (χ1n) is 8.74. The Bertz CT molecular complexity index is 1070. The van der Waals surface area contributed by atoms with Gasteiger partial charge in [0.1, 0.15) is 24.9 Å². The molecule has 29 heavy (non-hydrogen) atoms. The number of rotatable bonds is 4. The first-order valence-corrected chi connectivity index (χ1v) is 8.74. The highest BCUT2D eigenvalue weighted by Crippen LogP contribution is 2.29. The number of fused-ring (bicyclic) bond motifs is 1. The highest BCUT2D eigenvalue weighted by atomic mass is 16.7. The van der Waals surface area contributed by atoms with Crippen molar-refractivity contribution in [1.82, 2.24) is 14.6 Å². The minimum absolute atomic E-state index is 0.193. The maximum absolute atomic E-state index is 12.3. The lowest BCUT2D eigenvalue weighted by atomic mass is 10.1. The van der Waals surface area contributed by atoms with Gasteiger partial charge in [-0.05, 0) is 19.1 Å². The molecule has 2 aliphatic heterocycles. The van der Waals surface area contributed by atoms with E-state index in [4.69, 9.17) is 9.57 Å². The van der Waals surface area contributed by atoms with Gasteiger partial charge in [-0.15, -0.1) is 5.06 Å². The summed E-state index contributed by atoms with van der Waals surface area (Å²) in [5, 5.41) is 21.1. The lowest BCUT2D eigenvalue weighted by Crippen LogP contribution is -2.39. The molecule has 1 aromatic carbocycles. The molecule has 152 valence electrons. The number of benzene rings is 1. The van der Waals surface area contributed by atoms with Gasteiger partial charge in [0.05, 0.1) is 11.1 Å². The Morgan fingerprint density at radius 3 is 2.31 bits per heavy atom. The van der Waals surface area contributed by atoms with Gasteiger partial charge in [-0.25, -0.2) is 4.79 Å². The van der Waals surface area contributed by atoms with Crippen molar-refractivity contribution in [2.75, 3.05) is 6.61 Å². The van der Waals surface area contributed by atoms with Crippen molar-refractivity contribution in [3.63, 3.8) is 0 Å². The summed E-state index contributed by atoms with van der Waals surface area (Å²) in [5.74, 6) is -1.30. The SMILES string of the molecule is Cc1cn([C@@H]2O[C@H](CON3C(=O)c4ccccc4C3=O)[C@@H](O)[C@H]2O)c(=O)[nH]c1=O. The van der Waals surface area contributed by atoms with Crippen LogP contribution in [-0.2, 0) is 9.57 Å². The predicted molar refractivity (Wildman–Crippen MR) is 94.9 cm³/mol. The Labute approximate surface area is 162 Å². The van der Waals surface area contributed by atoms with Gasteiger partial charge in [0.15, 0.2) is 6.23 Å². The first-order chi connectivity index (χ1) is 13.8. The zero-order valence-electron chi connectivity index (χ0n) is 15.1. The Hall–Kier alpha value is -3.12. The zero-order chi connectivity index (χ0) is 20.9. The number of hydrogen-bond acceptors (Lipinski definition) is 8. The van der Waals surface area contributed by atoms with Gasteiger partial charge in [0, 0.05) is 11.8 Å². The van der Waals surface area contributed by atoms with Gasteiger partial charge in [-0.1, -0.05) is 12.1 Å². The van der Waals surface area contributed by atoms with Crippen LogP contribution >= 0.6 is 0 Å². The van der Waals surface area contributed by atoms with Crippen LogP contribution in [0.4, 0.5) is 0 Å². The normalized spacial score (nSPS) is 26.2. The quantitative estimate of drug-likeness (QED) is 0.533. The smallest absolute Gasteiger partial charge is 0.330 e. The highest BCUT2D eigenvalue weighted by Gasteiger charge is 2.45. The largest absolute Gasteiger partial charge is 0.387 e. The summed E-state index contributed by atoms with van der Waals surface area (Å²) in [6.45, 7) is 1.03. The Morgan fingerprint density at radius 1 is 1.07 bits per heavy atom. The fourth-order valence-electron chi connectivity index (χ4n) is 3.30. The van der Waals surface area contributed by atoms with E-state index in [9.17, 15) is 29.4 Å². The van der Waals surface area contributed by atoms with Crippen LogP contribution in [0.15, 0.2) is 40.1 Å². The number of carbonyl (C=O) groups excluding carboxylic acids is 2. The molecule has 4 atom stereocenters. The molecule has 0 unspecified atom stereocenters. The number of aryl methyl sites for hydroxylation is 1. The lowest BCUT2D eigenvalue weighted by molar-refractivity contribution is -0.141. The second kappa shape index (κ2) is 7.04. The van der Waals surface area contributed by atoms with Crippen LogP contribution < -0.4 is 11.2 Å². The van der Waals surface area contributed by atoms with Crippen LogP contribution in [0.3, 0.4) is 0 Å². The molecular formula is C18H17N3O8. The van der Waals surface area contributed by atoms with Crippen molar-refractivity contribution in [2.45, 2.75) is 31.5 Å². The van der Waals surface area contributed by atoms with Crippen LogP contribution in [0.5, 0.6) is 0 Å². The maximum Gasteiger partial charge on any atom is 0.330 e. The Kier molecular flexibility index (Phi) is 4.67. The number of ether oxygens (including phenoxy) is 1. The fraction of sp³-hybridized carbons (Fsp3) is 0.333. The standard InChI is InChI=1S/C18H17N3O8/c1-8-6-20(18(27)19-14(8)24)17-13(23)12(22)11(29-17)7-28-21-15(25)9-4-2-3-5-10(9)16(21)26/h2-6,11-13,17,22-23H,7H2,1H3,(H,19,24,27)/t11-,12-,13-,17-/m1/s1. The number of aromatic nitrogens is 2. The summed E-state index contributed by atoms with van der Waals surface area (Å²) in [4.78, 5) is 55.5. The van der Waals surface area contributed by atoms with E-state index in [1.54, 1.807) is 12.1 Å². The van der Waals surface area contributed by atoms with Gasteiger partial charge in [-0.3, -0.25) is 28.8 Å². The molecule has 3 heterocycles. The topological polar surface area (TPSA) is 151 Å². The summed E-state index contributed by atoms with van der Waals surface area (Å²) in [5.41, 5.74) is -0.804. The maximum atomic E-state index is 12.3. The molecule has 0 bridgehead atoms. The number of carbonyl (C=O) groups is 2.